The molecule has 1 aromatic rings. The standard InChI is InChI=1S/C11H13BrO/c1-8-2-3-9(12)6-10(8)11(7-13)4-5-11/h2-3,6,13H,4-5,7H2,1H3. The molecule has 0 radical (unpaired) electrons. The van der Waals surface area contributed by atoms with Crippen molar-refractivity contribution in [1.82, 2.24) is 0 Å². The predicted molar refractivity (Wildman–Crippen MR) is 56.9 cm³/mol. The molecule has 0 saturated heterocycles. The first-order chi connectivity index (χ1) is 6.18. The van der Waals surface area contributed by atoms with Gasteiger partial charge in [0.15, 0.2) is 0 Å². The minimum absolute atomic E-state index is 0.0911. The summed E-state index contributed by atoms with van der Waals surface area (Å²) in [5.74, 6) is 0. The molecule has 1 aliphatic rings. The van der Waals surface area contributed by atoms with E-state index < -0.39 is 0 Å². The Morgan fingerprint density at radius 2 is 2.15 bits per heavy atom. The lowest BCUT2D eigenvalue weighted by atomic mass is 9.93. The van der Waals surface area contributed by atoms with Crippen LogP contribution in [0.5, 0.6) is 0 Å². The van der Waals surface area contributed by atoms with Crippen molar-refractivity contribution >= 4 is 15.9 Å². The molecule has 0 heterocycles. The smallest absolute Gasteiger partial charge is 0.0528 e. The Bertz CT molecular complexity index is 329. The van der Waals surface area contributed by atoms with Crippen molar-refractivity contribution in [3.63, 3.8) is 0 Å². The Kier molecular flexibility index (Phi) is 2.20. The Morgan fingerprint density at radius 3 is 2.69 bits per heavy atom. The lowest BCUT2D eigenvalue weighted by Gasteiger charge is -2.15. The third-order valence-corrected chi connectivity index (χ3v) is 3.42. The summed E-state index contributed by atoms with van der Waals surface area (Å²) in [6.07, 6.45) is 2.25. The van der Waals surface area contributed by atoms with E-state index in [4.69, 9.17) is 0 Å². The maximum Gasteiger partial charge on any atom is 0.0528 e. The number of aryl methyl sites for hydroxylation is 1. The number of aliphatic hydroxyl groups is 1. The summed E-state index contributed by atoms with van der Waals surface area (Å²) < 4.78 is 1.10. The van der Waals surface area contributed by atoms with Crippen LogP contribution in [-0.2, 0) is 5.41 Å². The molecule has 2 rings (SSSR count). The number of hydrogen-bond donors (Lipinski definition) is 1. The zero-order valence-electron chi connectivity index (χ0n) is 7.68. The maximum absolute atomic E-state index is 9.31. The third kappa shape index (κ3) is 1.53. The van der Waals surface area contributed by atoms with Gasteiger partial charge in [0.2, 0.25) is 0 Å². The van der Waals surface area contributed by atoms with Crippen LogP contribution < -0.4 is 0 Å². The SMILES string of the molecule is Cc1ccc(Br)cc1C1(CO)CC1. The van der Waals surface area contributed by atoms with Crippen LogP contribution in [0.3, 0.4) is 0 Å². The van der Waals surface area contributed by atoms with E-state index in [9.17, 15) is 5.11 Å². The Morgan fingerprint density at radius 1 is 1.46 bits per heavy atom. The van der Waals surface area contributed by atoms with Gasteiger partial charge >= 0.3 is 0 Å². The number of hydrogen-bond acceptors (Lipinski definition) is 1. The fourth-order valence-electron chi connectivity index (χ4n) is 1.83. The van der Waals surface area contributed by atoms with Crippen LogP contribution in [0.2, 0.25) is 0 Å². The molecule has 0 spiro atoms. The molecule has 1 saturated carbocycles. The van der Waals surface area contributed by atoms with Gasteiger partial charge in [-0.3, -0.25) is 0 Å². The monoisotopic (exact) mass is 240 g/mol. The summed E-state index contributed by atoms with van der Waals surface area (Å²) in [6, 6.07) is 6.29. The van der Waals surface area contributed by atoms with Crippen LogP contribution in [-0.4, -0.2) is 11.7 Å². The summed E-state index contributed by atoms with van der Waals surface area (Å²) in [7, 11) is 0. The quantitative estimate of drug-likeness (QED) is 0.844. The molecule has 1 aliphatic carbocycles. The number of halogens is 1. The molecule has 1 N–H and O–H groups in total. The molecule has 0 atom stereocenters. The molecule has 0 aromatic heterocycles. The molecule has 2 heteroatoms. The van der Waals surface area contributed by atoms with Gasteiger partial charge in [0.05, 0.1) is 6.61 Å². The van der Waals surface area contributed by atoms with Gasteiger partial charge in [-0.05, 0) is 43.0 Å². The van der Waals surface area contributed by atoms with Crippen LogP contribution in [0, 0.1) is 6.92 Å². The zero-order chi connectivity index (χ0) is 9.47. The summed E-state index contributed by atoms with van der Waals surface area (Å²) in [5, 5.41) is 9.31. The average molecular weight is 241 g/mol. The van der Waals surface area contributed by atoms with Crippen LogP contribution in [0.1, 0.15) is 24.0 Å². The zero-order valence-corrected chi connectivity index (χ0v) is 9.26. The Hall–Kier alpha value is -0.340. The van der Waals surface area contributed by atoms with Crippen molar-refractivity contribution in [2.45, 2.75) is 25.2 Å². The molecule has 0 amide bonds. The fraction of sp³-hybridized carbons (Fsp3) is 0.455. The first-order valence-corrected chi connectivity index (χ1v) is 5.35. The highest BCUT2D eigenvalue weighted by Gasteiger charge is 2.44. The minimum atomic E-state index is 0.0911. The second kappa shape index (κ2) is 3.10. The van der Waals surface area contributed by atoms with E-state index >= 15 is 0 Å². The van der Waals surface area contributed by atoms with E-state index in [2.05, 4.69) is 35.0 Å². The molecule has 1 aromatic carbocycles. The lowest BCUT2D eigenvalue weighted by molar-refractivity contribution is 0.254. The molecule has 1 fully saturated rings. The van der Waals surface area contributed by atoms with Gasteiger partial charge in [-0.2, -0.15) is 0 Å². The van der Waals surface area contributed by atoms with Gasteiger partial charge in [-0.1, -0.05) is 22.0 Å². The first-order valence-electron chi connectivity index (χ1n) is 4.55. The first kappa shape index (κ1) is 9.22. The van der Waals surface area contributed by atoms with Gasteiger partial charge in [0, 0.05) is 9.89 Å². The molecular weight excluding hydrogens is 228 g/mol. The highest BCUT2D eigenvalue weighted by Crippen LogP contribution is 2.49. The van der Waals surface area contributed by atoms with Crippen molar-refractivity contribution in [3.8, 4) is 0 Å². The summed E-state index contributed by atoms with van der Waals surface area (Å²) in [4.78, 5) is 0. The van der Waals surface area contributed by atoms with E-state index in [1.165, 1.54) is 11.1 Å². The molecule has 0 aliphatic heterocycles. The van der Waals surface area contributed by atoms with Crippen LogP contribution in [0.25, 0.3) is 0 Å². The third-order valence-electron chi connectivity index (χ3n) is 2.93. The van der Waals surface area contributed by atoms with E-state index in [1.807, 2.05) is 6.07 Å². The number of rotatable bonds is 2. The van der Waals surface area contributed by atoms with Gasteiger partial charge in [0.1, 0.15) is 0 Å². The normalized spacial score (nSPS) is 18.7. The molecule has 0 bridgehead atoms. The van der Waals surface area contributed by atoms with Crippen LogP contribution in [0.15, 0.2) is 22.7 Å². The predicted octanol–water partition coefficient (Wildman–Crippen LogP) is 2.78. The molecule has 1 nitrogen and oxygen atoms in total. The lowest BCUT2D eigenvalue weighted by Crippen LogP contribution is -2.13. The van der Waals surface area contributed by atoms with Gasteiger partial charge in [-0.25, -0.2) is 0 Å². The van der Waals surface area contributed by atoms with Gasteiger partial charge in [-0.15, -0.1) is 0 Å². The van der Waals surface area contributed by atoms with Crippen LogP contribution >= 0.6 is 15.9 Å². The maximum atomic E-state index is 9.31. The summed E-state index contributed by atoms with van der Waals surface area (Å²) >= 11 is 3.46. The van der Waals surface area contributed by atoms with E-state index in [0.717, 1.165) is 17.3 Å². The fourth-order valence-corrected chi connectivity index (χ4v) is 2.19. The second-order valence-corrected chi connectivity index (χ2v) is 4.81. The average Bonchev–Trinajstić information content (AvgIpc) is 2.90. The van der Waals surface area contributed by atoms with Crippen molar-refractivity contribution < 1.29 is 5.11 Å². The topological polar surface area (TPSA) is 20.2 Å². The van der Waals surface area contributed by atoms with E-state index in [-0.39, 0.29) is 12.0 Å². The molecule has 0 unspecified atom stereocenters. The highest BCUT2D eigenvalue weighted by molar-refractivity contribution is 9.10. The molecule has 13 heavy (non-hydrogen) atoms. The van der Waals surface area contributed by atoms with Crippen molar-refractivity contribution in [2.24, 2.45) is 0 Å². The summed E-state index contributed by atoms with van der Waals surface area (Å²) in [5.41, 5.74) is 2.69. The number of benzene rings is 1. The summed E-state index contributed by atoms with van der Waals surface area (Å²) in [6.45, 7) is 2.39. The van der Waals surface area contributed by atoms with Gasteiger partial charge in [0.25, 0.3) is 0 Å². The number of aliphatic hydroxyl groups excluding tert-OH is 1. The molecular formula is C11H13BrO. The largest absolute Gasteiger partial charge is 0.395 e. The Balaban J connectivity index is 2.44. The van der Waals surface area contributed by atoms with E-state index in [1.54, 1.807) is 0 Å². The minimum Gasteiger partial charge on any atom is -0.395 e. The van der Waals surface area contributed by atoms with E-state index in [0.29, 0.717) is 0 Å². The second-order valence-electron chi connectivity index (χ2n) is 3.90. The van der Waals surface area contributed by atoms with Crippen molar-refractivity contribution in [2.75, 3.05) is 6.61 Å². The Labute approximate surface area is 86.9 Å². The molecule has 70 valence electrons. The van der Waals surface area contributed by atoms with Crippen molar-refractivity contribution in [3.05, 3.63) is 33.8 Å². The highest BCUT2D eigenvalue weighted by atomic mass is 79.9. The van der Waals surface area contributed by atoms with Gasteiger partial charge < -0.3 is 5.11 Å². The van der Waals surface area contributed by atoms with Crippen molar-refractivity contribution in [1.29, 1.82) is 0 Å². The van der Waals surface area contributed by atoms with Crippen LogP contribution in [0.4, 0.5) is 0 Å².